The molecule has 6 heteroatoms. The summed E-state index contributed by atoms with van der Waals surface area (Å²) in [6.45, 7) is -0.250. The Morgan fingerprint density at radius 3 is 1.22 bits per heavy atom. The number of carbonyl (C=O) groups excluding carboxylic acids is 2. The fourth-order valence-corrected chi connectivity index (χ4v) is 0. The molecule has 6 nitrogen and oxygen atoms in total. The fourth-order valence-electron chi connectivity index (χ4n) is 0. The highest BCUT2D eigenvalue weighted by Crippen LogP contribution is 0.966. The van der Waals surface area contributed by atoms with Crippen LogP contribution in [0.2, 0.25) is 0 Å². The van der Waals surface area contributed by atoms with Crippen molar-refractivity contribution in [1.29, 1.82) is 10.8 Å². The molecule has 0 amide bonds. The SMILES string of the molecule is N=C=O.N=C=O.O=CO. The van der Waals surface area contributed by atoms with Gasteiger partial charge in [-0.3, -0.25) is 4.79 Å². The van der Waals surface area contributed by atoms with Crippen molar-refractivity contribution in [3.05, 3.63) is 0 Å². The Balaban J connectivity index is -0.0000000600. The molecule has 0 atom stereocenters. The normalized spacial score (nSPS) is 3.11. The molecule has 0 aliphatic heterocycles. The molecule has 0 spiro atoms. The van der Waals surface area contributed by atoms with E-state index in [0.29, 0.717) is 0 Å². The maximum absolute atomic E-state index is 8.36. The van der Waals surface area contributed by atoms with Crippen LogP contribution in [0, 0.1) is 10.8 Å². The zero-order chi connectivity index (χ0) is 8.12. The highest BCUT2D eigenvalue weighted by Gasteiger charge is 1.22. The predicted molar refractivity (Wildman–Crippen MR) is 25.5 cm³/mol. The third-order valence-electron chi connectivity index (χ3n) is 0. The minimum absolute atomic E-state index is 0.250. The molecular formula is C3H4N2O4. The summed E-state index contributed by atoms with van der Waals surface area (Å²) in [7, 11) is 0. The molecule has 0 rings (SSSR count). The van der Waals surface area contributed by atoms with Gasteiger partial charge in [-0.15, -0.1) is 0 Å². The van der Waals surface area contributed by atoms with E-state index in [-0.39, 0.29) is 6.47 Å². The van der Waals surface area contributed by atoms with E-state index in [1.165, 1.54) is 0 Å². The second-order valence-corrected chi connectivity index (χ2v) is 0.310. The molecule has 0 radical (unpaired) electrons. The van der Waals surface area contributed by atoms with Crippen molar-refractivity contribution in [1.82, 2.24) is 0 Å². The summed E-state index contributed by atoms with van der Waals surface area (Å²) in [5, 5.41) is 17.7. The third kappa shape index (κ3) is 35.6. The first-order chi connectivity index (χ1) is 4.24. The lowest BCUT2D eigenvalue weighted by Gasteiger charge is -1.34. The van der Waals surface area contributed by atoms with Crippen LogP contribution in [0.4, 0.5) is 0 Å². The van der Waals surface area contributed by atoms with E-state index in [9.17, 15) is 0 Å². The summed E-state index contributed by atoms with van der Waals surface area (Å²) in [6, 6.07) is 0. The van der Waals surface area contributed by atoms with E-state index in [1.54, 1.807) is 0 Å². The highest BCUT2D eigenvalue weighted by molar-refractivity contribution is 5.32. The number of hydrogen-bond acceptors (Lipinski definition) is 5. The Bertz CT molecular complexity index is 97.0. The molecule has 0 saturated carbocycles. The fraction of sp³-hybridized carbons (Fsp3) is 0. The molecule has 0 aromatic heterocycles. The van der Waals surface area contributed by atoms with Crippen LogP contribution in [0.3, 0.4) is 0 Å². The summed E-state index contributed by atoms with van der Waals surface area (Å²) < 4.78 is 0. The first-order valence-electron chi connectivity index (χ1n) is 1.40. The maximum atomic E-state index is 8.36. The Morgan fingerprint density at radius 1 is 1.22 bits per heavy atom. The van der Waals surface area contributed by atoms with Crippen molar-refractivity contribution in [2.75, 3.05) is 0 Å². The third-order valence-corrected chi connectivity index (χ3v) is 0. The first-order valence-corrected chi connectivity index (χ1v) is 1.40. The zero-order valence-electron chi connectivity index (χ0n) is 4.25. The molecule has 0 unspecified atom stereocenters. The van der Waals surface area contributed by atoms with Gasteiger partial charge in [0.1, 0.15) is 0 Å². The van der Waals surface area contributed by atoms with Gasteiger partial charge in [0.25, 0.3) is 6.47 Å². The van der Waals surface area contributed by atoms with E-state index in [1.807, 2.05) is 0 Å². The van der Waals surface area contributed by atoms with Gasteiger partial charge in [-0.05, 0) is 0 Å². The standard InChI is InChI=1S/2CHNO.CH2O2/c3*2-1-3/h2*2H;1H,(H,2,3). The lowest BCUT2D eigenvalue weighted by atomic mass is 11.7. The molecule has 0 aromatic carbocycles. The van der Waals surface area contributed by atoms with Crippen molar-refractivity contribution >= 4 is 18.6 Å². The van der Waals surface area contributed by atoms with Crippen LogP contribution >= 0.6 is 0 Å². The van der Waals surface area contributed by atoms with Crippen LogP contribution in [0.25, 0.3) is 0 Å². The van der Waals surface area contributed by atoms with E-state index >= 15 is 0 Å². The molecule has 0 fully saturated rings. The highest BCUT2D eigenvalue weighted by atomic mass is 16.3. The van der Waals surface area contributed by atoms with Crippen LogP contribution in [0.1, 0.15) is 0 Å². The topological polar surface area (TPSA) is 119 Å². The Labute approximate surface area is 50.1 Å². The second-order valence-electron chi connectivity index (χ2n) is 0.310. The predicted octanol–water partition coefficient (Wildman–Crippen LogP) is -0.497. The average molecular weight is 132 g/mol. The minimum atomic E-state index is -0.250. The largest absolute Gasteiger partial charge is 0.483 e. The molecule has 0 aromatic rings. The summed E-state index contributed by atoms with van der Waals surface area (Å²) in [5.41, 5.74) is 0. The molecule has 0 bridgehead atoms. The number of carbonyl (C=O) groups is 1. The zero-order valence-corrected chi connectivity index (χ0v) is 4.25. The summed E-state index contributed by atoms with van der Waals surface area (Å²) in [4.78, 5) is 25.1. The van der Waals surface area contributed by atoms with Crippen molar-refractivity contribution in [2.24, 2.45) is 0 Å². The van der Waals surface area contributed by atoms with Crippen LogP contribution in [0.5, 0.6) is 0 Å². The average Bonchev–Trinajstić information content (AvgIpc) is 1.70. The maximum Gasteiger partial charge on any atom is 0.290 e. The van der Waals surface area contributed by atoms with Gasteiger partial charge < -0.3 is 5.11 Å². The number of rotatable bonds is 0. The van der Waals surface area contributed by atoms with Gasteiger partial charge >= 0.3 is 0 Å². The number of isocyanates is 2. The van der Waals surface area contributed by atoms with Crippen LogP contribution in [0.15, 0.2) is 0 Å². The van der Waals surface area contributed by atoms with Crippen molar-refractivity contribution in [3.63, 3.8) is 0 Å². The summed E-state index contributed by atoms with van der Waals surface area (Å²) in [5.74, 6) is 0. The number of carboxylic acid groups (broad SMARTS) is 1. The van der Waals surface area contributed by atoms with Gasteiger partial charge in [0.2, 0.25) is 12.2 Å². The molecular weight excluding hydrogens is 128 g/mol. The smallest absolute Gasteiger partial charge is 0.290 e. The van der Waals surface area contributed by atoms with Gasteiger partial charge in [0.15, 0.2) is 0 Å². The lowest BCUT2D eigenvalue weighted by Crippen LogP contribution is -1.49. The molecule has 0 aliphatic rings. The Hall–Kier alpha value is -1.77. The quantitative estimate of drug-likeness (QED) is 0.234. The Kier molecular flexibility index (Phi) is 196. The minimum Gasteiger partial charge on any atom is -0.483 e. The Morgan fingerprint density at radius 2 is 1.22 bits per heavy atom. The monoisotopic (exact) mass is 132 g/mol. The first kappa shape index (κ1) is 15.7. The molecule has 0 aliphatic carbocycles. The van der Waals surface area contributed by atoms with Gasteiger partial charge in [0, 0.05) is 0 Å². The molecule has 0 saturated heterocycles. The van der Waals surface area contributed by atoms with Gasteiger partial charge in [-0.25, -0.2) is 20.4 Å². The molecule has 9 heavy (non-hydrogen) atoms. The van der Waals surface area contributed by atoms with E-state index < -0.39 is 0 Å². The lowest BCUT2D eigenvalue weighted by molar-refractivity contribution is -0.122. The molecule has 3 N–H and O–H groups in total. The van der Waals surface area contributed by atoms with Gasteiger partial charge in [-0.2, -0.15) is 0 Å². The van der Waals surface area contributed by atoms with Crippen molar-refractivity contribution in [2.45, 2.75) is 0 Å². The number of hydrogen-bond donors (Lipinski definition) is 3. The van der Waals surface area contributed by atoms with Crippen LogP contribution in [-0.4, -0.2) is 23.7 Å². The van der Waals surface area contributed by atoms with Gasteiger partial charge in [0.05, 0.1) is 0 Å². The summed E-state index contributed by atoms with van der Waals surface area (Å²) in [6.07, 6.45) is 1.50. The van der Waals surface area contributed by atoms with Crippen molar-refractivity contribution < 1.29 is 19.5 Å². The molecule has 50 valence electrons. The summed E-state index contributed by atoms with van der Waals surface area (Å²) >= 11 is 0. The second kappa shape index (κ2) is 113. The van der Waals surface area contributed by atoms with E-state index in [2.05, 4.69) is 0 Å². The molecule has 0 heterocycles. The van der Waals surface area contributed by atoms with Crippen molar-refractivity contribution in [3.8, 4) is 0 Å². The van der Waals surface area contributed by atoms with Gasteiger partial charge in [-0.1, -0.05) is 0 Å². The van der Waals surface area contributed by atoms with E-state index in [4.69, 9.17) is 30.3 Å². The van der Waals surface area contributed by atoms with Crippen LogP contribution < -0.4 is 0 Å². The van der Waals surface area contributed by atoms with Crippen LogP contribution in [-0.2, 0) is 14.4 Å². The van der Waals surface area contributed by atoms with E-state index in [0.717, 1.165) is 12.2 Å². The number of nitrogens with one attached hydrogen (secondary N) is 2.